The summed E-state index contributed by atoms with van der Waals surface area (Å²) in [5.74, 6) is -0.0825. The standard InChI is InChI=1S/C20H38O2/c1-3-4-5-6-7-8-9-10-11-12-13-14-15-16-17-18-19-20(21)22-2/h13-14H,3-12,15-19H2,1-2H3/b14-13-. The summed E-state index contributed by atoms with van der Waals surface area (Å²) in [5, 5.41) is 0. The van der Waals surface area contributed by atoms with Gasteiger partial charge in [0.15, 0.2) is 0 Å². The van der Waals surface area contributed by atoms with E-state index in [9.17, 15) is 4.79 Å². The maximum absolute atomic E-state index is 10.9. The fourth-order valence-electron chi connectivity index (χ4n) is 2.62. The van der Waals surface area contributed by atoms with Crippen molar-refractivity contribution in [3.8, 4) is 0 Å². The number of hydrogen-bond acceptors (Lipinski definition) is 2. The number of allylic oxidation sites excluding steroid dienone is 2. The van der Waals surface area contributed by atoms with E-state index in [1.165, 1.54) is 77.7 Å². The van der Waals surface area contributed by atoms with Gasteiger partial charge in [-0.1, -0.05) is 76.9 Å². The first kappa shape index (κ1) is 21.2. The second-order valence-corrected chi connectivity index (χ2v) is 6.26. The molecule has 0 aliphatic heterocycles. The van der Waals surface area contributed by atoms with Crippen molar-refractivity contribution in [2.45, 2.75) is 103 Å². The molecule has 130 valence electrons. The lowest BCUT2D eigenvalue weighted by molar-refractivity contribution is -0.140. The molecule has 0 aromatic rings. The van der Waals surface area contributed by atoms with Crippen LogP contribution in [0.15, 0.2) is 12.2 Å². The molecule has 0 spiro atoms. The topological polar surface area (TPSA) is 26.3 Å². The number of methoxy groups -OCH3 is 1. The summed E-state index contributed by atoms with van der Waals surface area (Å²) < 4.78 is 4.62. The number of unbranched alkanes of at least 4 members (excludes halogenated alkanes) is 12. The Balaban J connectivity index is 3.10. The monoisotopic (exact) mass is 310 g/mol. The third-order valence-corrected chi connectivity index (χ3v) is 4.12. The Labute approximate surface area is 138 Å². The number of rotatable bonds is 16. The van der Waals surface area contributed by atoms with Crippen LogP contribution in [0.25, 0.3) is 0 Å². The Morgan fingerprint density at radius 3 is 1.68 bits per heavy atom. The minimum absolute atomic E-state index is 0.0825. The Bertz CT molecular complexity index is 258. The van der Waals surface area contributed by atoms with Gasteiger partial charge in [-0.25, -0.2) is 0 Å². The van der Waals surface area contributed by atoms with Gasteiger partial charge < -0.3 is 4.74 Å². The smallest absolute Gasteiger partial charge is 0.305 e. The highest BCUT2D eigenvalue weighted by molar-refractivity contribution is 5.68. The average Bonchev–Trinajstić information content (AvgIpc) is 2.54. The Morgan fingerprint density at radius 2 is 1.18 bits per heavy atom. The molecular weight excluding hydrogens is 272 g/mol. The average molecular weight is 311 g/mol. The van der Waals surface area contributed by atoms with Crippen LogP contribution < -0.4 is 0 Å². The second kappa shape index (κ2) is 18.3. The van der Waals surface area contributed by atoms with E-state index in [1.807, 2.05) is 0 Å². The van der Waals surface area contributed by atoms with Gasteiger partial charge in [0.25, 0.3) is 0 Å². The number of carbonyl (C=O) groups excluding carboxylic acids is 1. The number of ether oxygens (including phenoxy) is 1. The summed E-state index contributed by atoms with van der Waals surface area (Å²) in [7, 11) is 1.46. The molecule has 0 aromatic heterocycles. The minimum Gasteiger partial charge on any atom is -0.469 e. The van der Waals surface area contributed by atoms with Crippen LogP contribution >= 0.6 is 0 Å². The van der Waals surface area contributed by atoms with Gasteiger partial charge >= 0.3 is 5.97 Å². The van der Waals surface area contributed by atoms with Crippen LogP contribution in [-0.4, -0.2) is 13.1 Å². The highest BCUT2D eigenvalue weighted by Crippen LogP contribution is 2.11. The third-order valence-electron chi connectivity index (χ3n) is 4.12. The van der Waals surface area contributed by atoms with Gasteiger partial charge in [0.05, 0.1) is 7.11 Å². The van der Waals surface area contributed by atoms with Crippen LogP contribution in [0, 0.1) is 0 Å². The van der Waals surface area contributed by atoms with Crippen LogP contribution in [0.2, 0.25) is 0 Å². The van der Waals surface area contributed by atoms with Crippen molar-refractivity contribution in [3.63, 3.8) is 0 Å². The minimum atomic E-state index is -0.0825. The van der Waals surface area contributed by atoms with Crippen LogP contribution in [0.1, 0.15) is 103 Å². The van der Waals surface area contributed by atoms with Crippen molar-refractivity contribution in [1.82, 2.24) is 0 Å². The fourth-order valence-corrected chi connectivity index (χ4v) is 2.62. The SMILES string of the molecule is CCCCCCCCCCC/C=C\CCCCCC(=O)OC. The lowest BCUT2D eigenvalue weighted by Crippen LogP contribution is -1.98. The summed E-state index contributed by atoms with van der Waals surface area (Å²) >= 11 is 0. The van der Waals surface area contributed by atoms with Crippen molar-refractivity contribution in [1.29, 1.82) is 0 Å². The second-order valence-electron chi connectivity index (χ2n) is 6.26. The molecule has 0 radical (unpaired) electrons. The maximum Gasteiger partial charge on any atom is 0.305 e. The van der Waals surface area contributed by atoms with E-state index in [0.29, 0.717) is 6.42 Å². The van der Waals surface area contributed by atoms with E-state index in [1.54, 1.807) is 0 Å². The summed E-state index contributed by atoms with van der Waals surface area (Å²) in [6, 6.07) is 0. The fraction of sp³-hybridized carbons (Fsp3) is 0.850. The lowest BCUT2D eigenvalue weighted by Gasteiger charge is -2.00. The predicted molar refractivity (Wildman–Crippen MR) is 96.1 cm³/mol. The first-order valence-corrected chi connectivity index (χ1v) is 9.53. The molecule has 0 unspecified atom stereocenters. The molecule has 0 N–H and O–H groups in total. The van der Waals surface area contributed by atoms with Crippen molar-refractivity contribution >= 4 is 5.97 Å². The molecule has 0 amide bonds. The number of esters is 1. The summed E-state index contributed by atoms with van der Waals surface area (Å²) in [5.41, 5.74) is 0. The molecule has 0 aromatic carbocycles. The molecule has 22 heavy (non-hydrogen) atoms. The quantitative estimate of drug-likeness (QED) is 0.183. The molecule has 0 aliphatic rings. The van der Waals surface area contributed by atoms with E-state index in [-0.39, 0.29) is 5.97 Å². The zero-order chi connectivity index (χ0) is 16.3. The van der Waals surface area contributed by atoms with Gasteiger partial charge in [-0.15, -0.1) is 0 Å². The van der Waals surface area contributed by atoms with Gasteiger partial charge in [-0.05, 0) is 32.1 Å². The molecule has 0 bridgehead atoms. The van der Waals surface area contributed by atoms with Gasteiger partial charge in [-0.2, -0.15) is 0 Å². The summed E-state index contributed by atoms with van der Waals surface area (Å²) in [6.45, 7) is 2.27. The predicted octanol–water partition coefficient (Wildman–Crippen LogP) is 6.59. The molecule has 0 rings (SSSR count). The van der Waals surface area contributed by atoms with Crippen molar-refractivity contribution in [2.24, 2.45) is 0 Å². The number of hydrogen-bond donors (Lipinski definition) is 0. The van der Waals surface area contributed by atoms with E-state index < -0.39 is 0 Å². The van der Waals surface area contributed by atoms with Gasteiger partial charge in [-0.3, -0.25) is 4.79 Å². The van der Waals surface area contributed by atoms with Crippen LogP contribution in [0.3, 0.4) is 0 Å². The summed E-state index contributed by atoms with van der Waals surface area (Å²) in [4.78, 5) is 10.9. The molecule has 0 fully saturated rings. The van der Waals surface area contributed by atoms with E-state index in [4.69, 9.17) is 0 Å². The maximum atomic E-state index is 10.9. The zero-order valence-corrected chi connectivity index (χ0v) is 15.1. The van der Waals surface area contributed by atoms with E-state index in [0.717, 1.165) is 19.3 Å². The lowest BCUT2D eigenvalue weighted by atomic mass is 10.1. The van der Waals surface area contributed by atoms with E-state index >= 15 is 0 Å². The van der Waals surface area contributed by atoms with E-state index in [2.05, 4.69) is 23.8 Å². The molecule has 2 heteroatoms. The Kier molecular flexibility index (Phi) is 17.6. The van der Waals surface area contributed by atoms with Crippen LogP contribution in [0.4, 0.5) is 0 Å². The molecule has 0 atom stereocenters. The first-order chi connectivity index (χ1) is 10.8. The highest BCUT2D eigenvalue weighted by Gasteiger charge is 1.98. The highest BCUT2D eigenvalue weighted by atomic mass is 16.5. The van der Waals surface area contributed by atoms with Gasteiger partial charge in [0.2, 0.25) is 0 Å². The van der Waals surface area contributed by atoms with Crippen molar-refractivity contribution in [2.75, 3.05) is 7.11 Å². The third kappa shape index (κ3) is 17.3. The Hall–Kier alpha value is -0.790. The zero-order valence-electron chi connectivity index (χ0n) is 15.1. The number of carbonyl (C=O) groups is 1. The molecule has 0 aliphatic carbocycles. The van der Waals surface area contributed by atoms with Crippen molar-refractivity contribution in [3.05, 3.63) is 12.2 Å². The van der Waals surface area contributed by atoms with Crippen molar-refractivity contribution < 1.29 is 9.53 Å². The normalized spacial score (nSPS) is 11.2. The Morgan fingerprint density at radius 1 is 0.727 bits per heavy atom. The molecule has 2 nitrogen and oxygen atoms in total. The van der Waals surface area contributed by atoms with Crippen LogP contribution in [-0.2, 0) is 9.53 Å². The molecule has 0 saturated carbocycles. The first-order valence-electron chi connectivity index (χ1n) is 9.53. The summed E-state index contributed by atoms with van der Waals surface area (Å²) in [6.07, 6.45) is 23.5. The molecule has 0 saturated heterocycles. The largest absolute Gasteiger partial charge is 0.469 e. The molecular formula is C20H38O2. The van der Waals surface area contributed by atoms with Gasteiger partial charge in [0.1, 0.15) is 0 Å². The van der Waals surface area contributed by atoms with Crippen LogP contribution in [0.5, 0.6) is 0 Å². The molecule has 0 heterocycles. The van der Waals surface area contributed by atoms with Gasteiger partial charge in [0, 0.05) is 6.42 Å².